The lowest BCUT2D eigenvalue weighted by molar-refractivity contribution is -0.144. The number of nitrogens with one attached hydrogen (secondary N) is 1. The van der Waals surface area contributed by atoms with E-state index in [1.807, 2.05) is 0 Å². The zero-order valence-electron chi connectivity index (χ0n) is 11.2. The standard InChI is InChI=1S/C14H23NO3/c1-9(2)10-3-5-11(6-4-10)12(16)15-14(7-8-14)13(17)18/h9-11H,3-8H2,1-2H3,(H,15,16)(H,17,18). The van der Waals surface area contributed by atoms with Gasteiger partial charge in [0.2, 0.25) is 5.91 Å². The predicted molar refractivity (Wildman–Crippen MR) is 68.0 cm³/mol. The second-order valence-corrected chi connectivity index (χ2v) is 6.23. The Kier molecular flexibility index (Phi) is 3.64. The van der Waals surface area contributed by atoms with Crippen molar-refractivity contribution in [3.63, 3.8) is 0 Å². The number of carbonyl (C=O) groups excluding carboxylic acids is 1. The maximum atomic E-state index is 12.1. The second-order valence-electron chi connectivity index (χ2n) is 6.23. The van der Waals surface area contributed by atoms with Crippen LogP contribution in [0.1, 0.15) is 52.4 Å². The number of hydrogen-bond acceptors (Lipinski definition) is 2. The van der Waals surface area contributed by atoms with Gasteiger partial charge in [-0.1, -0.05) is 13.8 Å². The van der Waals surface area contributed by atoms with Crippen LogP contribution >= 0.6 is 0 Å². The molecule has 0 aromatic rings. The molecule has 102 valence electrons. The zero-order valence-corrected chi connectivity index (χ0v) is 11.2. The van der Waals surface area contributed by atoms with Crippen LogP contribution in [0, 0.1) is 17.8 Å². The third-order valence-corrected chi connectivity index (χ3v) is 4.61. The Labute approximate surface area is 108 Å². The van der Waals surface area contributed by atoms with Gasteiger partial charge in [-0.05, 0) is 50.4 Å². The molecule has 4 heteroatoms. The van der Waals surface area contributed by atoms with Gasteiger partial charge in [0, 0.05) is 5.92 Å². The van der Waals surface area contributed by atoms with Crippen molar-refractivity contribution in [3.05, 3.63) is 0 Å². The van der Waals surface area contributed by atoms with Crippen LogP contribution in [0.3, 0.4) is 0 Å². The maximum Gasteiger partial charge on any atom is 0.329 e. The first kappa shape index (κ1) is 13.4. The van der Waals surface area contributed by atoms with Gasteiger partial charge in [0.1, 0.15) is 5.54 Å². The highest BCUT2D eigenvalue weighted by Gasteiger charge is 2.52. The Morgan fingerprint density at radius 2 is 1.72 bits per heavy atom. The highest BCUT2D eigenvalue weighted by atomic mass is 16.4. The molecule has 2 N–H and O–H groups in total. The molecule has 2 aliphatic carbocycles. The minimum absolute atomic E-state index is 0.0248. The molecule has 0 aliphatic heterocycles. The van der Waals surface area contributed by atoms with Gasteiger partial charge in [-0.15, -0.1) is 0 Å². The summed E-state index contributed by atoms with van der Waals surface area (Å²) in [6.45, 7) is 4.46. The Morgan fingerprint density at radius 3 is 2.11 bits per heavy atom. The Balaban J connectivity index is 1.83. The van der Waals surface area contributed by atoms with E-state index in [-0.39, 0.29) is 11.8 Å². The summed E-state index contributed by atoms with van der Waals surface area (Å²) >= 11 is 0. The number of amides is 1. The molecule has 0 aromatic carbocycles. The normalized spacial score (nSPS) is 29.9. The molecule has 0 unspecified atom stereocenters. The molecule has 2 fully saturated rings. The molecule has 18 heavy (non-hydrogen) atoms. The molecule has 0 bridgehead atoms. The van der Waals surface area contributed by atoms with E-state index in [9.17, 15) is 9.59 Å². The quantitative estimate of drug-likeness (QED) is 0.807. The van der Waals surface area contributed by atoms with Crippen LogP contribution in [0.4, 0.5) is 0 Å². The fourth-order valence-electron chi connectivity index (χ4n) is 2.90. The fraction of sp³-hybridized carbons (Fsp3) is 0.857. The highest BCUT2D eigenvalue weighted by molar-refractivity contribution is 5.90. The van der Waals surface area contributed by atoms with Crippen LogP contribution in [0.25, 0.3) is 0 Å². The Hall–Kier alpha value is -1.06. The summed E-state index contributed by atoms with van der Waals surface area (Å²) in [6, 6.07) is 0. The van der Waals surface area contributed by atoms with E-state index in [1.54, 1.807) is 0 Å². The third-order valence-electron chi connectivity index (χ3n) is 4.61. The predicted octanol–water partition coefficient (Wildman–Crippen LogP) is 2.18. The van der Waals surface area contributed by atoms with Gasteiger partial charge in [0.05, 0.1) is 0 Å². The zero-order chi connectivity index (χ0) is 13.3. The van der Waals surface area contributed by atoms with Gasteiger partial charge in [-0.3, -0.25) is 4.79 Å². The average Bonchev–Trinajstić information content (AvgIpc) is 3.10. The molecule has 0 aromatic heterocycles. The summed E-state index contributed by atoms with van der Waals surface area (Å²) in [6.07, 6.45) is 5.16. The van der Waals surface area contributed by atoms with E-state index in [0.717, 1.165) is 31.6 Å². The smallest absolute Gasteiger partial charge is 0.329 e. The minimum atomic E-state index is -0.925. The molecule has 0 atom stereocenters. The van der Waals surface area contributed by atoms with Gasteiger partial charge >= 0.3 is 5.97 Å². The number of aliphatic carboxylic acids is 1. The molecule has 1 amide bonds. The molecule has 2 rings (SSSR count). The number of carboxylic acids is 1. The monoisotopic (exact) mass is 253 g/mol. The molecular formula is C14H23NO3. The summed E-state index contributed by atoms with van der Waals surface area (Å²) in [5.41, 5.74) is -0.925. The first-order chi connectivity index (χ1) is 8.44. The number of rotatable bonds is 4. The fourth-order valence-corrected chi connectivity index (χ4v) is 2.90. The van der Waals surface area contributed by atoms with Crippen molar-refractivity contribution < 1.29 is 14.7 Å². The number of carbonyl (C=O) groups is 2. The molecular weight excluding hydrogens is 230 g/mol. The number of carboxylic acid groups (broad SMARTS) is 1. The lowest BCUT2D eigenvalue weighted by Gasteiger charge is -2.30. The van der Waals surface area contributed by atoms with Crippen LogP contribution in [0.5, 0.6) is 0 Å². The van der Waals surface area contributed by atoms with Crippen molar-refractivity contribution >= 4 is 11.9 Å². The van der Waals surface area contributed by atoms with Gasteiger partial charge < -0.3 is 10.4 Å². The molecule has 2 saturated carbocycles. The van der Waals surface area contributed by atoms with Gasteiger partial charge in [-0.25, -0.2) is 4.79 Å². The lowest BCUT2D eigenvalue weighted by Crippen LogP contribution is -2.46. The summed E-state index contributed by atoms with van der Waals surface area (Å²) in [7, 11) is 0. The molecule has 0 radical (unpaired) electrons. The van der Waals surface area contributed by atoms with Crippen LogP contribution in [0.2, 0.25) is 0 Å². The summed E-state index contributed by atoms with van der Waals surface area (Å²) in [4.78, 5) is 23.1. The summed E-state index contributed by atoms with van der Waals surface area (Å²) in [5, 5.41) is 11.8. The van der Waals surface area contributed by atoms with E-state index < -0.39 is 11.5 Å². The molecule has 2 aliphatic rings. The van der Waals surface area contributed by atoms with Crippen molar-refractivity contribution in [2.45, 2.75) is 57.9 Å². The SMILES string of the molecule is CC(C)C1CCC(C(=O)NC2(C(=O)O)CC2)CC1. The van der Waals surface area contributed by atoms with Gasteiger partial charge in [-0.2, -0.15) is 0 Å². The number of hydrogen-bond donors (Lipinski definition) is 2. The van der Waals surface area contributed by atoms with Crippen LogP contribution in [0.15, 0.2) is 0 Å². The second kappa shape index (κ2) is 4.90. The van der Waals surface area contributed by atoms with Gasteiger partial charge in [0.25, 0.3) is 0 Å². The minimum Gasteiger partial charge on any atom is -0.480 e. The van der Waals surface area contributed by atoms with Crippen LogP contribution in [-0.2, 0) is 9.59 Å². The van der Waals surface area contributed by atoms with Crippen molar-refractivity contribution in [2.24, 2.45) is 17.8 Å². The van der Waals surface area contributed by atoms with E-state index in [0.29, 0.717) is 18.8 Å². The van der Waals surface area contributed by atoms with Crippen LogP contribution < -0.4 is 5.32 Å². The van der Waals surface area contributed by atoms with E-state index in [2.05, 4.69) is 19.2 Å². The highest BCUT2D eigenvalue weighted by Crippen LogP contribution is 2.38. The maximum absolute atomic E-state index is 12.1. The van der Waals surface area contributed by atoms with Crippen LogP contribution in [-0.4, -0.2) is 22.5 Å². The summed E-state index contributed by atoms with van der Waals surface area (Å²) in [5.74, 6) is 0.506. The first-order valence-electron chi connectivity index (χ1n) is 7.00. The summed E-state index contributed by atoms with van der Waals surface area (Å²) < 4.78 is 0. The first-order valence-corrected chi connectivity index (χ1v) is 7.00. The van der Waals surface area contributed by atoms with Crippen molar-refractivity contribution in [3.8, 4) is 0 Å². The van der Waals surface area contributed by atoms with E-state index in [1.165, 1.54) is 0 Å². The lowest BCUT2D eigenvalue weighted by atomic mass is 9.76. The third kappa shape index (κ3) is 2.68. The van der Waals surface area contributed by atoms with E-state index in [4.69, 9.17) is 5.11 Å². The van der Waals surface area contributed by atoms with Crippen molar-refractivity contribution in [1.29, 1.82) is 0 Å². The molecule has 4 nitrogen and oxygen atoms in total. The van der Waals surface area contributed by atoms with E-state index >= 15 is 0 Å². The van der Waals surface area contributed by atoms with Crippen molar-refractivity contribution in [2.75, 3.05) is 0 Å². The average molecular weight is 253 g/mol. The largest absolute Gasteiger partial charge is 0.480 e. The Bertz CT molecular complexity index is 339. The Morgan fingerprint density at radius 1 is 1.17 bits per heavy atom. The molecule has 0 spiro atoms. The topological polar surface area (TPSA) is 66.4 Å². The van der Waals surface area contributed by atoms with Gasteiger partial charge in [0.15, 0.2) is 0 Å². The molecule has 0 saturated heterocycles. The molecule has 0 heterocycles. The van der Waals surface area contributed by atoms with Crippen molar-refractivity contribution in [1.82, 2.24) is 5.32 Å².